The maximum Gasteiger partial charge on any atom is 0.258 e. The van der Waals surface area contributed by atoms with Crippen molar-refractivity contribution in [3.8, 4) is 0 Å². The molecule has 0 saturated heterocycles. The molecule has 0 aliphatic heterocycles. The summed E-state index contributed by atoms with van der Waals surface area (Å²) < 4.78 is 0.907. The first-order chi connectivity index (χ1) is 14.4. The van der Waals surface area contributed by atoms with Crippen LogP contribution in [0.15, 0.2) is 59.1 Å². The van der Waals surface area contributed by atoms with E-state index in [1.54, 1.807) is 24.3 Å². The quantitative estimate of drug-likeness (QED) is 0.366. The Hall–Kier alpha value is -2.48. The van der Waals surface area contributed by atoms with Gasteiger partial charge in [-0.05, 0) is 59.7 Å². The minimum atomic E-state index is -0.334. The van der Waals surface area contributed by atoms with Crippen LogP contribution in [0.25, 0.3) is 10.8 Å². The second-order valence-electron chi connectivity index (χ2n) is 6.54. The summed E-state index contributed by atoms with van der Waals surface area (Å²) in [5.41, 5.74) is 1.58. The summed E-state index contributed by atoms with van der Waals surface area (Å²) in [5.74, 6) is -0.413. The summed E-state index contributed by atoms with van der Waals surface area (Å²) in [6.07, 6.45) is 1.19. The number of nitrogens with one attached hydrogen (secondary N) is 3. The van der Waals surface area contributed by atoms with Gasteiger partial charge in [0.05, 0.1) is 10.7 Å². The number of hydrogen-bond acceptors (Lipinski definition) is 3. The second-order valence-corrected chi connectivity index (χ2v) is 8.21. The molecule has 0 aliphatic rings. The molecule has 0 aromatic heterocycles. The Bertz CT molecular complexity index is 1140. The highest BCUT2D eigenvalue weighted by Gasteiger charge is 2.13. The van der Waals surface area contributed by atoms with E-state index in [1.165, 1.54) is 0 Å². The van der Waals surface area contributed by atoms with Gasteiger partial charge in [-0.25, -0.2) is 0 Å². The van der Waals surface area contributed by atoms with Crippen LogP contribution in [0.2, 0.25) is 5.02 Å². The maximum atomic E-state index is 12.8. The predicted octanol–water partition coefficient (Wildman–Crippen LogP) is 6.12. The van der Waals surface area contributed by atoms with E-state index in [0.717, 1.165) is 21.7 Å². The number of benzene rings is 3. The van der Waals surface area contributed by atoms with Crippen LogP contribution in [-0.2, 0) is 4.79 Å². The molecule has 0 aliphatic carbocycles. The van der Waals surface area contributed by atoms with Crippen LogP contribution in [-0.4, -0.2) is 16.9 Å². The van der Waals surface area contributed by atoms with Crippen molar-refractivity contribution in [3.05, 3.63) is 69.7 Å². The molecule has 0 atom stereocenters. The Morgan fingerprint density at radius 3 is 2.53 bits per heavy atom. The van der Waals surface area contributed by atoms with Crippen molar-refractivity contribution in [1.29, 1.82) is 0 Å². The number of carbonyl (C=O) groups is 2. The monoisotopic (exact) mass is 503 g/mol. The third-order valence-electron chi connectivity index (χ3n) is 4.32. The zero-order chi connectivity index (χ0) is 21.7. The van der Waals surface area contributed by atoms with Crippen molar-refractivity contribution in [1.82, 2.24) is 5.32 Å². The fourth-order valence-electron chi connectivity index (χ4n) is 2.94. The lowest BCUT2D eigenvalue weighted by Gasteiger charge is -2.14. The molecule has 0 fully saturated rings. The highest BCUT2D eigenvalue weighted by molar-refractivity contribution is 9.10. The van der Waals surface area contributed by atoms with Crippen LogP contribution >= 0.6 is 39.7 Å². The lowest BCUT2D eigenvalue weighted by atomic mass is 10.0. The summed E-state index contributed by atoms with van der Waals surface area (Å²) in [6.45, 7) is 1.93. The molecule has 30 heavy (non-hydrogen) atoms. The first kappa shape index (κ1) is 22.2. The van der Waals surface area contributed by atoms with E-state index in [0.29, 0.717) is 28.4 Å². The van der Waals surface area contributed by atoms with E-state index in [1.807, 2.05) is 37.3 Å². The number of rotatable bonds is 5. The summed E-state index contributed by atoms with van der Waals surface area (Å²) in [7, 11) is 0. The van der Waals surface area contributed by atoms with Crippen molar-refractivity contribution < 1.29 is 9.59 Å². The van der Waals surface area contributed by atoms with Crippen molar-refractivity contribution in [2.45, 2.75) is 19.8 Å². The fraction of sp³-hybridized carbons (Fsp3) is 0.136. The first-order valence-corrected chi connectivity index (χ1v) is 10.9. The van der Waals surface area contributed by atoms with E-state index in [2.05, 4.69) is 31.9 Å². The van der Waals surface area contributed by atoms with Crippen LogP contribution in [0, 0.1) is 0 Å². The highest BCUT2D eigenvalue weighted by Crippen LogP contribution is 2.27. The van der Waals surface area contributed by atoms with Crippen molar-refractivity contribution >= 4 is 78.8 Å². The summed E-state index contributed by atoms with van der Waals surface area (Å²) in [6, 6.07) is 16.2. The largest absolute Gasteiger partial charge is 0.331 e. The fourth-order valence-corrected chi connectivity index (χ4v) is 3.81. The lowest BCUT2D eigenvalue weighted by Crippen LogP contribution is -2.34. The number of hydrogen-bond donors (Lipinski definition) is 3. The molecule has 8 heteroatoms. The third kappa shape index (κ3) is 5.36. The number of anilines is 2. The Labute approximate surface area is 193 Å². The minimum Gasteiger partial charge on any atom is -0.331 e. The topological polar surface area (TPSA) is 70.2 Å². The van der Waals surface area contributed by atoms with E-state index >= 15 is 0 Å². The molecular formula is C22H19BrClN3O2S. The second kappa shape index (κ2) is 10.0. The van der Waals surface area contributed by atoms with Crippen LogP contribution < -0.4 is 16.0 Å². The molecule has 154 valence electrons. The zero-order valence-electron chi connectivity index (χ0n) is 16.1. The Kier molecular flexibility index (Phi) is 7.42. The molecule has 3 N–H and O–H groups in total. The molecule has 0 spiro atoms. The average molecular weight is 505 g/mol. The van der Waals surface area contributed by atoms with Crippen molar-refractivity contribution in [2.24, 2.45) is 0 Å². The molecule has 3 rings (SSSR count). The van der Waals surface area contributed by atoms with Crippen molar-refractivity contribution in [2.75, 3.05) is 10.6 Å². The smallest absolute Gasteiger partial charge is 0.258 e. The van der Waals surface area contributed by atoms with Crippen LogP contribution in [0.4, 0.5) is 11.4 Å². The molecule has 0 radical (unpaired) electrons. The van der Waals surface area contributed by atoms with Gasteiger partial charge in [0, 0.05) is 22.1 Å². The first-order valence-electron chi connectivity index (χ1n) is 9.28. The van der Waals surface area contributed by atoms with Gasteiger partial charge in [0.1, 0.15) is 0 Å². The maximum absolute atomic E-state index is 12.8. The van der Waals surface area contributed by atoms with Gasteiger partial charge < -0.3 is 10.6 Å². The molecular weight excluding hydrogens is 486 g/mol. The lowest BCUT2D eigenvalue weighted by molar-refractivity contribution is -0.116. The highest BCUT2D eigenvalue weighted by atomic mass is 79.9. The molecule has 0 heterocycles. The van der Waals surface area contributed by atoms with Crippen LogP contribution in [0.5, 0.6) is 0 Å². The Balaban J connectivity index is 1.74. The van der Waals surface area contributed by atoms with Gasteiger partial charge >= 0.3 is 0 Å². The third-order valence-corrected chi connectivity index (χ3v) is 5.54. The van der Waals surface area contributed by atoms with Crippen molar-refractivity contribution in [3.63, 3.8) is 0 Å². The molecule has 3 aromatic rings. The van der Waals surface area contributed by atoms with E-state index < -0.39 is 0 Å². The number of fused-ring (bicyclic) bond motifs is 1. The Morgan fingerprint density at radius 2 is 1.77 bits per heavy atom. The summed E-state index contributed by atoms with van der Waals surface area (Å²) >= 11 is 15.0. The van der Waals surface area contributed by atoms with Gasteiger partial charge in [-0.2, -0.15) is 0 Å². The molecule has 0 unspecified atom stereocenters. The number of halogens is 2. The van der Waals surface area contributed by atoms with Gasteiger partial charge in [-0.3, -0.25) is 14.9 Å². The van der Waals surface area contributed by atoms with Crippen LogP contribution in [0.1, 0.15) is 30.1 Å². The normalized spacial score (nSPS) is 10.5. The number of amides is 2. The predicted molar refractivity (Wildman–Crippen MR) is 130 cm³/mol. The van der Waals surface area contributed by atoms with E-state index in [4.69, 9.17) is 23.8 Å². The average Bonchev–Trinajstić information content (AvgIpc) is 2.70. The standard InChI is InChI=1S/C22H19BrClN3O2S/c1-2-5-20(28)25-13-10-11-18(24)19(12-13)26-22(30)27-21(29)16-8-3-7-15-14(16)6-4-9-17(15)23/h3-4,6-12H,2,5H2,1H3,(H,25,28)(H2,26,27,29,30). The van der Waals surface area contributed by atoms with Crippen LogP contribution in [0.3, 0.4) is 0 Å². The van der Waals surface area contributed by atoms with Gasteiger partial charge in [0.25, 0.3) is 5.91 Å². The van der Waals surface area contributed by atoms with Gasteiger partial charge in [-0.1, -0.05) is 58.7 Å². The Morgan fingerprint density at radius 1 is 1.03 bits per heavy atom. The summed E-state index contributed by atoms with van der Waals surface area (Å²) in [5, 5.41) is 10.7. The number of carbonyl (C=O) groups excluding carboxylic acids is 2. The molecule has 5 nitrogen and oxygen atoms in total. The molecule has 3 aromatic carbocycles. The van der Waals surface area contributed by atoms with Gasteiger partial charge in [-0.15, -0.1) is 0 Å². The van der Waals surface area contributed by atoms with E-state index in [9.17, 15) is 9.59 Å². The van der Waals surface area contributed by atoms with Gasteiger partial charge in [0.2, 0.25) is 5.91 Å². The molecule has 0 bridgehead atoms. The molecule has 2 amide bonds. The van der Waals surface area contributed by atoms with E-state index in [-0.39, 0.29) is 16.9 Å². The SMILES string of the molecule is CCCC(=O)Nc1ccc(Cl)c(NC(=S)NC(=O)c2cccc3c(Br)cccc23)c1. The summed E-state index contributed by atoms with van der Waals surface area (Å²) in [4.78, 5) is 24.6. The number of thiocarbonyl (C=S) groups is 1. The van der Waals surface area contributed by atoms with Gasteiger partial charge in [0.15, 0.2) is 5.11 Å². The zero-order valence-corrected chi connectivity index (χ0v) is 19.2. The molecule has 0 saturated carbocycles. The minimum absolute atomic E-state index is 0.0798.